The van der Waals surface area contributed by atoms with Gasteiger partial charge in [-0.15, -0.1) is 0 Å². The van der Waals surface area contributed by atoms with Crippen LogP contribution < -0.4 is 5.32 Å². The van der Waals surface area contributed by atoms with Gasteiger partial charge in [0.1, 0.15) is 11.9 Å². The molecule has 0 atom stereocenters. The Morgan fingerprint density at radius 1 is 1.14 bits per heavy atom. The molecule has 1 aromatic heterocycles. The number of hydrogen-bond donors (Lipinski definition) is 1. The second-order valence-electron chi connectivity index (χ2n) is 4.45. The molecule has 0 aliphatic carbocycles. The smallest absolute Gasteiger partial charge is 0.141 e. The molecule has 0 spiro atoms. The van der Waals surface area contributed by atoms with Crippen LogP contribution in [0.15, 0.2) is 48.7 Å². The Labute approximate surface area is 125 Å². The summed E-state index contributed by atoms with van der Waals surface area (Å²) in [6, 6.07) is 13.4. The number of nitrogens with zero attached hydrogens (tertiary/aromatic N) is 2. The maximum absolute atomic E-state index is 13.3. The summed E-state index contributed by atoms with van der Waals surface area (Å²) in [7, 11) is 0. The predicted octanol–water partition coefficient (Wildman–Crippen LogP) is 4.64. The summed E-state index contributed by atoms with van der Waals surface area (Å²) in [5.74, 6) is -0.533. The molecule has 1 N–H and O–H groups in total. The van der Waals surface area contributed by atoms with E-state index in [2.05, 4.69) is 10.3 Å². The molecule has 0 saturated carbocycles. The molecule has 1 heterocycles. The van der Waals surface area contributed by atoms with E-state index in [1.54, 1.807) is 24.4 Å². The zero-order valence-electron chi connectivity index (χ0n) is 10.8. The van der Waals surface area contributed by atoms with Gasteiger partial charge in [0.05, 0.1) is 11.1 Å². The molecule has 3 aromatic rings. The van der Waals surface area contributed by atoms with Crippen molar-refractivity contribution in [1.82, 2.24) is 4.98 Å². The summed E-state index contributed by atoms with van der Waals surface area (Å²) in [6.45, 7) is 0. The molecule has 0 fully saturated rings. The lowest BCUT2D eigenvalue weighted by atomic mass is 10.1. The summed E-state index contributed by atoms with van der Waals surface area (Å²) < 4.78 is 13.3. The molecule has 21 heavy (non-hydrogen) atoms. The largest absolute Gasteiger partial charge is 0.355 e. The van der Waals surface area contributed by atoms with Gasteiger partial charge < -0.3 is 5.32 Å². The summed E-state index contributed by atoms with van der Waals surface area (Å²) >= 11 is 5.95. The molecule has 5 heteroatoms. The van der Waals surface area contributed by atoms with E-state index < -0.39 is 5.82 Å². The van der Waals surface area contributed by atoms with Crippen molar-refractivity contribution in [3.8, 4) is 6.07 Å². The van der Waals surface area contributed by atoms with E-state index in [0.29, 0.717) is 10.7 Å². The second-order valence-corrected chi connectivity index (χ2v) is 4.89. The first-order valence-corrected chi connectivity index (χ1v) is 6.56. The molecule has 0 unspecified atom stereocenters. The van der Waals surface area contributed by atoms with Gasteiger partial charge in [0.2, 0.25) is 0 Å². The highest BCUT2D eigenvalue weighted by molar-refractivity contribution is 6.31. The van der Waals surface area contributed by atoms with Gasteiger partial charge in [0.15, 0.2) is 0 Å². The first-order valence-electron chi connectivity index (χ1n) is 6.18. The lowest BCUT2D eigenvalue weighted by molar-refractivity contribution is 0.624. The quantitative estimate of drug-likeness (QED) is 0.749. The highest BCUT2D eigenvalue weighted by Gasteiger charge is 2.06. The van der Waals surface area contributed by atoms with Crippen molar-refractivity contribution in [2.45, 2.75) is 0 Å². The lowest BCUT2D eigenvalue weighted by Gasteiger charge is -2.10. The van der Waals surface area contributed by atoms with E-state index in [0.717, 1.165) is 16.6 Å². The van der Waals surface area contributed by atoms with Crippen molar-refractivity contribution in [2.75, 3.05) is 5.32 Å². The Balaban J connectivity index is 2.04. The average molecular weight is 298 g/mol. The third kappa shape index (κ3) is 2.64. The molecule has 0 aliphatic rings. The minimum absolute atomic E-state index is 0.00130. The van der Waals surface area contributed by atoms with Crippen LogP contribution in [0.4, 0.5) is 15.8 Å². The van der Waals surface area contributed by atoms with Crippen molar-refractivity contribution < 1.29 is 4.39 Å². The minimum Gasteiger partial charge on any atom is -0.355 e. The number of nitriles is 1. The number of nitrogens with one attached hydrogen (secondary N) is 1. The van der Waals surface area contributed by atoms with Gasteiger partial charge in [0.25, 0.3) is 0 Å². The summed E-state index contributed by atoms with van der Waals surface area (Å²) in [4.78, 5) is 4.26. The summed E-state index contributed by atoms with van der Waals surface area (Å²) in [5.41, 5.74) is 2.21. The van der Waals surface area contributed by atoms with Gasteiger partial charge >= 0.3 is 0 Å². The molecule has 0 radical (unpaired) electrons. The van der Waals surface area contributed by atoms with E-state index in [-0.39, 0.29) is 5.56 Å². The van der Waals surface area contributed by atoms with Crippen LogP contribution in [0.1, 0.15) is 5.56 Å². The number of halogens is 2. The third-order valence-electron chi connectivity index (χ3n) is 3.07. The number of rotatable bonds is 2. The maximum atomic E-state index is 13.3. The van der Waals surface area contributed by atoms with Crippen LogP contribution in [0.2, 0.25) is 5.02 Å². The van der Waals surface area contributed by atoms with Crippen molar-refractivity contribution in [2.24, 2.45) is 0 Å². The first-order chi connectivity index (χ1) is 10.2. The van der Waals surface area contributed by atoms with E-state index in [9.17, 15) is 4.39 Å². The number of aromatic nitrogens is 1. The molecule has 0 saturated heterocycles. The van der Waals surface area contributed by atoms with Gasteiger partial charge in [-0.25, -0.2) is 4.39 Å². The predicted molar refractivity (Wildman–Crippen MR) is 81.2 cm³/mol. The highest BCUT2D eigenvalue weighted by atomic mass is 35.5. The van der Waals surface area contributed by atoms with Crippen LogP contribution in [-0.2, 0) is 0 Å². The first kappa shape index (κ1) is 13.3. The summed E-state index contributed by atoms with van der Waals surface area (Å²) in [6.07, 6.45) is 1.66. The molecule has 2 aromatic carbocycles. The van der Waals surface area contributed by atoms with Crippen LogP contribution in [0.25, 0.3) is 10.9 Å². The maximum Gasteiger partial charge on any atom is 0.141 e. The van der Waals surface area contributed by atoms with Crippen LogP contribution >= 0.6 is 11.6 Å². The Kier molecular flexibility index (Phi) is 3.43. The Bertz CT molecular complexity index is 871. The van der Waals surface area contributed by atoms with Crippen molar-refractivity contribution in [1.29, 1.82) is 5.26 Å². The fraction of sp³-hybridized carbons (Fsp3) is 0. The molecule has 0 aliphatic heterocycles. The topological polar surface area (TPSA) is 48.7 Å². The number of pyridine rings is 1. The molecular weight excluding hydrogens is 289 g/mol. The fourth-order valence-corrected chi connectivity index (χ4v) is 2.24. The average Bonchev–Trinajstić information content (AvgIpc) is 2.49. The molecule has 3 rings (SSSR count). The highest BCUT2D eigenvalue weighted by Crippen LogP contribution is 2.27. The molecule has 3 nitrogen and oxygen atoms in total. The number of fused-ring (bicyclic) bond motifs is 1. The molecule has 0 amide bonds. The van der Waals surface area contributed by atoms with Crippen LogP contribution in [0.3, 0.4) is 0 Å². The molecule has 102 valence electrons. The van der Waals surface area contributed by atoms with Gasteiger partial charge in [-0.1, -0.05) is 11.6 Å². The van der Waals surface area contributed by atoms with Crippen LogP contribution in [0.5, 0.6) is 0 Å². The van der Waals surface area contributed by atoms with E-state index >= 15 is 0 Å². The second kappa shape index (κ2) is 5.39. The van der Waals surface area contributed by atoms with E-state index in [1.807, 2.05) is 18.2 Å². The Hall–Kier alpha value is -2.64. The van der Waals surface area contributed by atoms with Gasteiger partial charge in [-0.3, -0.25) is 4.98 Å². The Morgan fingerprint density at radius 3 is 2.81 bits per heavy atom. The lowest BCUT2D eigenvalue weighted by Crippen LogP contribution is -1.94. The molecular formula is C16H9ClFN3. The third-order valence-corrected chi connectivity index (χ3v) is 3.31. The molecule has 0 bridgehead atoms. The standard InChI is InChI=1S/C16H9ClFN3/c17-11-1-3-13-15(5-6-20-16(13)8-11)21-12-2-4-14(18)10(7-12)9-19/h1-8H,(H,20,21). The fourth-order valence-electron chi connectivity index (χ4n) is 2.07. The normalized spacial score (nSPS) is 10.3. The van der Waals surface area contributed by atoms with E-state index in [1.165, 1.54) is 12.1 Å². The zero-order chi connectivity index (χ0) is 14.8. The van der Waals surface area contributed by atoms with E-state index in [4.69, 9.17) is 16.9 Å². The number of hydrogen-bond acceptors (Lipinski definition) is 3. The number of benzene rings is 2. The van der Waals surface area contributed by atoms with Gasteiger partial charge in [-0.05, 0) is 42.5 Å². The summed E-state index contributed by atoms with van der Waals surface area (Å²) in [5, 5.41) is 13.5. The minimum atomic E-state index is -0.533. The van der Waals surface area contributed by atoms with Gasteiger partial charge in [-0.2, -0.15) is 5.26 Å². The van der Waals surface area contributed by atoms with Crippen LogP contribution in [0, 0.1) is 17.1 Å². The van der Waals surface area contributed by atoms with Crippen molar-refractivity contribution in [3.05, 3.63) is 65.1 Å². The number of anilines is 2. The van der Waals surface area contributed by atoms with Crippen molar-refractivity contribution >= 4 is 33.9 Å². The zero-order valence-corrected chi connectivity index (χ0v) is 11.5. The van der Waals surface area contributed by atoms with Crippen molar-refractivity contribution in [3.63, 3.8) is 0 Å². The van der Waals surface area contributed by atoms with Gasteiger partial charge in [0, 0.05) is 28.0 Å². The van der Waals surface area contributed by atoms with Crippen LogP contribution in [-0.4, -0.2) is 4.98 Å². The monoisotopic (exact) mass is 297 g/mol. The Morgan fingerprint density at radius 2 is 2.00 bits per heavy atom. The SMILES string of the molecule is N#Cc1cc(Nc2ccnc3cc(Cl)ccc23)ccc1F.